The van der Waals surface area contributed by atoms with Crippen LogP contribution in [-0.2, 0) is 6.42 Å². The number of aromatic nitrogens is 2. The van der Waals surface area contributed by atoms with E-state index in [1.807, 2.05) is 37.4 Å². The van der Waals surface area contributed by atoms with E-state index in [0.29, 0.717) is 0 Å². The average Bonchev–Trinajstić information content (AvgIpc) is 2.41. The first-order valence-corrected chi connectivity index (χ1v) is 6.14. The molecule has 1 aromatic carbocycles. The molecule has 0 atom stereocenters. The van der Waals surface area contributed by atoms with Crippen molar-refractivity contribution in [3.05, 3.63) is 47.2 Å². The molecule has 0 aliphatic carbocycles. The van der Waals surface area contributed by atoms with Crippen LogP contribution < -0.4 is 10.6 Å². The van der Waals surface area contributed by atoms with Gasteiger partial charge in [-0.1, -0.05) is 23.7 Å². The topological polar surface area (TPSA) is 49.8 Å². The van der Waals surface area contributed by atoms with E-state index < -0.39 is 0 Å². The number of anilines is 2. The van der Waals surface area contributed by atoms with Gasteiger partial charge in [0.2, 0.25) is 0 Å². The summed E-state index contributed by atoms with van der Waals surface area (Å²) < 4.78 is 0. The maximum atomic E-state index is 5.84. The van der Waals surface area contributed by atoms with Crippen molar-refractivity contribution in [3.63, 3.8) is 0 Å². The van der Waals surface area contributed by atoms with Gasteiger partial charge in [0.15, 0.2) is 0 Å². The second-order valence-corrected chi connectivity index (χ2v) is 4.28. The molecule has 0 unspecified atom stereocenters. The molecule has 2 N–H and O–H groups in total. The number of hydrogen-bond donors (Lipinski definition) is 2. The van der Waals surface area contributed by atoms with Crippen LogP contribution in [0.4, 0.5) is 11.6 Å². The summed E-state index contributed by atoms with van der Waals surface area (Å²) in [5.74, 6) is 1.63. The molecule has 0 bridgehead atoms. The van der Waals surface area contributed by atoms with E-state index in [9.17, 15) is 0 Å². The minimum Gasteiger partial charge on any atom is -0.373 e. The van der Waals surface area contributed by atoms with Crippen molar-refractivity contribution in [2.24, 2.45) is 0 Å². The van der Waals surface area contributed by atoms with Gasteiger partial charge in [-0.2, -0.15) is 0 Å². The third kappa shape index (κ3) is 3.60. The minimum atomic E-state index is 0.765. The van der Waals surface area contributed by atoms with Crippen LogP contribution in [0.5, 0.6) is 0 Å². The number of benzene rings is 1. The van der Waals surface area contributed by atoms with Crippen LogP contribution in [0, 0.1) is 0 Å². The van der Waals surface area contributed by atoms with Gasteiger partial charge >= 0.3 is 0 Å². The summed E-state index contributed by atoms with van der Waals surface area (Å²) >= 11 is 5.84. The van der Waals surface area contributed by atoms with Crippen molar-refractivity contribution in [2.75, 3.05) is 24.2 Å². The maximum Gasteiger partial charge on any atom is 0.131 e. The number of hydrogen-bond acceptors (Lipinski definition) is 4. The van der Waals surface area contributed by atoms with E-state index in [-0.39, 0.29) is 0 Å². The Labute approximate surface area is 111 Å². The van der Waals surface area contributed by atoms with Crippen molar-refractivity contribution < 1.29 is 0 Å². The molecule has 0 radical (unpaired) electrons. The molecule has 5 heteroatoms. The van der Waals surface area contributed by atoms with Crippen LogP contribution in [0.25, 0.3) is 0 Å². The fourth-order valence-corrected chi connectivity index (χ4v) is 1.70. The highest BCUT2D eigenvalue weighted by molar-refractivity contribution is 6.30. The molecule has 0 fully saturated rings. The molecular weight excluding hydrogens is 248 g/mol. The van der Waals surface area contributed by atoms with Gasteiger partial charge in [-0.05, 0) is 24.1 Å². The first kappa shape index (κ1) is 12.6. The van der Waals surface area contributed by atoms with Gasteiger partial charge in [0, 0.05) is 24.7 Å². The summed E-state index contributed by atoms with van der Waals surface area (Å²) in [5.41, 5.74) is 1.25. The molecule has 1 heterocycles. The molecule has 1 aromatic heterocycles. The van der Waals surface area contributed by atoms with Crippen molar-refractivity contribution in [3.8, 4) is 0 Å². The molecule has 0 spiro atoms. The fraction of sp³-hybridized carbons (Fsp3) is 0.231. The molecule has 0 aliphatic rings. The Morgan fingerprint density at radius 3 is 2.56 bits per heavy atom. The van der Waals surface area contributed by atoms with Crippen molar-refractivity contribution in [1.29, 1.82) is 0 Å². The number of halogens is 1. The van der Waals surface area contributed by atoms with Gasteiger partial charge in [-0.3, -0.25) is 0 Å². The van der Waals surface area contributed by atoms with Crippen LogP contribution in [-0.4, -0.2) is 23.6 Å². The lowest BCUT2D eigenvalue weighted by atomic mass is 10.1. The van der Waals surface area contributed by atoms with Crippen LogP contribution in [0.2, 0.25) is 5.02 Å². The number of nitrogens with zero attached hydrogens (tertiary/aromatic N) is 2. The molecule has 0 saturated heterocycles. The second kappa shape index (κ2) is 6.21. The Kier molecular flexibility index (Phi) is 4.36. The summed E-state index contributed by atoms with van der Waals surface area (Å²) in [7, 11) is 1.83. The van der Waals surface area contributed by atoms with Crippen LogP contribution in [0.1, 0.15) is 5.56 Å². The maximum absolute atomic E-state index is 5.84. The van der Waals surface area contributed by atoms with E-state index in [4.69, 9.17) is 11.6 Å². The van der Waals surface area contributed by atoms with E-state index in [1.165, 1.54) is 11.9 Å². The molecule has 0 amide bonds. The number of rotatable bonds is 5. The zero-order valence-corrected chi connectivity index (χ0v) is 10.9. The van der Waals surface area contributed by atoms with Gasteiger partial charge in [0.1, 0.15) is 18.0 Å². The summed E-state index contributed by atoms with van der Waals surface area (Å²) in [6.07, 6.45) is 2.46. The highest BCUT2D eigenvalue weighted by atomic mass is 35.5. The molecule has 2 aromatic rings. The lowest BCUT2D eigenvalue weighted by Crippen LogP contribution is -2.07. The standard InChI is InChI=1S/C13H15ClN4/c1-15-12-8-13(18-9-17-12)16-7-6-10-2-4-11(14)5-3-10/h2-5,8-9H,6-7H2,1H3,(H2,15,16,17,18). The predicted molar refractivity (Wildman–Crippen MR) is 75.2 cm³/mol. The van der Waals surface area contributed by atoms with E-state index >= 15 is 0 Å². The van der Waals surface area contributed by atoms with Crippen LogP contribution in [0.15, 0.2) is 36.7 Å². The Morgan fingerprint density at radius 2 is 1.83 bits per heavy atom. The Hall–Kier alpha value is -1.81. The van der Waals surface area contributed by atoms with E-state index in [2.05, 4.69) is 20.6 Å². The van der Waals surface area contributed by atoms with E-state index in [0.717, 1.165) is 29.6 Å². The van der Waals surface area contributed by atoms with Crippen molar-refractivity contribution >= 4 is 23.2 Å². The molecule has 18 heavy (non-hydrogen) atoms. The Morgan fingerprint density at radius 1 is 1.11 bits per heavy atom. The zero-order chi connectivity index (χ0) is 12.8. The van der Waals surface area contributed by atoms with Gasteiger partial charge in [0.25, 0.3) is 0 Å². The Balaban J connectivity index is 1.86. The zero-order valence-electron chi connectivity index (χ0n) is 10.2. The van der Waals surface area contributed by atoms with Gasteiger partial charge < -0.3 is 10.6 Å². The Bertz CT molecular complexity index is 499. The minimum absolute atomic E-state index is 0.765. The lowest BCUT2D eigenvalue weighted by Gasteiger charge is -2.06. The SMILES string of the molecule is CNc1cc(NCCc2ccc(Cl)cc2)ncn1. The third-order valence-electron chi connectivity index (χ3n) is 2.56. The molecule has 0 saturated carbocycles. The van der Waals surface area contributed by atoms with E-state index in [1.54, 1.807) is 0 Å². The normalized spacial score (nSPS) is 10.1. The van der Waals surface area contributed by atoms with Crippen molar-refractivity contribution in [2.45, 2.75) is 6.42 Å². The smallest absolute Gasteiger partial charge is 0.131 e. The average molecular weight is 263 g/mol. The first-order valence-electron chi connectivity index (χ1n) is 5.76. The largest absolute Gasteiger partial charge is 0.373 e. The summed E-state index contributed by atoms with van der Waals surface area (Å²) in [6.45, 7) is 0.821. The number of nitrogens with one attached hydrogen (secondary N) is 2. The first-order chi connectivity index (χ1) is 8.78. The molecular formula is C13H15ClN4. The highest BCUT2D eigenvalue weighted by Crippen LogP contribution is 2.11. The van der Waals surface area contributed by atoms with Crippen molar-refractivity contribution in [1.82, 2.24) is 9.97 Å². The van der Waals surface area contributed by atoms with Gasteiger partial charge in [-0.25, -0.2) is 9.97 Å². The monoisotopic (exact) mass is 262 g/mol. The summed E-state index contributed by atoms with van der Waals surface area (Å²) in [4.78, 5) is 8.21. The lowest BCUT2D eigenvalue weighted by molar-refractivity contribution is 0.999. The highest BCUT2D eigenvalue weighted by Gasteiger charge is 1.97. The van der Waals surface area contributed by atoms with Gasteiger partial charge in [-0.15, -0.1) is 0 Å². The van der Waals surface area contributed by atoms with Gasteiger partial charge in [0.05, 0.1) is 0 Å². The molecule has 94 valence electrons. The van der Waals surface area contributed by atoms with Crippen LogP contribution >= 0.6 is 11.6 Å². The molecule has 4 nitrogen and oxygen atoms in total. The molecule has 2 rings (SSSR count). The quantitative estimate of drug-likeness (QED) is 0.870. The molecule has 0 aliphatic heterocycles. The third-order valence-corrected chi connectivity index (χ3v) is 2.81. The fourth-order valence-electron chi connectivity index (χ4n) is 1.58. The second-order valence-electron chi connectivity index (χ2n) is 3.84. The van der Waals surface area contributed by atoms with Crippen LogP contribution in [0.3, 0.4) is 0 Å². The summed E-state index contributed by atoms with van der Waals surface area (Å²) in [5, 5.41) is 7.00. The summed E-state index contributed by atoms with van der Waals surface area (Å²) in [6, 6.07) is 9.75. The predicted octanol–water partition coefficient (Wildman–Crippen LogP) is 2.83.